The van der Waals surface area contributed by atoms with E-state index in [-0.39, 0.29) is 5.56 Å². The Morgan fingerprint density at radius 2 is 2.04 bits per heavy atom. The lowest BCUT2D eigenvalue weighted by molar-refractivity contribution is 0.102. The van der Waals surface area contributed by atoms with Gasteiger partial charge in [-0.05, 0) is 44.1 Å². The molecule has 0 radical (unpaired) electrons. The number of hydrogen-bond donors (Lipinski definition) is 1. The van der Waals surface area contributed by atoms with Crippen molar-refractivity contribution in [3.8, 4) is 0 Å². The molecule has 0 aliphatic carbocycles. The number of thiazole rings is 1. The molecular formula is C17H19BrFN3OS. The van der Waals surface area contributed by atoms with Crippen LogP contribution >= 0.6 is 27.3 Å². The van der Waals surface area contributed by atoms with E-state index in [2.05, 4.69) is 31.1 Å². The minimum Gasteiger partial charge on any atom is -0.298 e. The third kappa shape index (κ3) is 4.62. The fraction of sp³-hybridized carbons (Fsp3) is 0.412. The monoisotopic (exact) mass is 411 g/mol. The first-order valence-corrected chi connectivity index (χ1v) is 9.72. The summed E-state index contributed by atoms with van der Waals surface area (Å²) in [6.07, 6.45) is 5.06. The summed E-state index contributed by atoms with van der Waals surface area (Å²) in [5.74, 6) is -1.03. The van der Waals surface area contributed by atoms with E-state index in [4.69, 9.17) is 0 Å². The molecule has 1 N–H and O–H groups in total. The predicted molar refractivity (Wildman–Crippen MR) is 97.9 cm³/mol. The molecule has 0 spiro atoms. The molecule has 0 atom stereocenters. The topological polar surface area (TPSA) is 45.2 Å². The molecule has 1 amide bonds. The van der Waals surface area contributed by atoms with Gasteiger partial charge in [0.25, 0.3) is 5.91 Å². The average molecular weight is 412 g/mol. The molecule has 1 fully saturated rings. The molecule has 1 saturated heterocycles. The van der Waals surface area contributed by atoms with Crippen molar-refractivity contribution >= 4 is 38.3 Å². The minimum atomic E-state index is -0.544. The van der Waals surface area contributed by atoms with Gasteiger partial charge in [0.1, 0.15) is 5.82 Å². The first kappa shape index (κ1) is 17.5. The van der Waals surface area contributed by atoms with Crippen LogP contribution < -0.4 is 5.32 Å². The summed E-state index contributed by atoms with van der Waals surface area (Å²) in [4.78, 5) is 19.1. The molecule has 1 aliphatic heterocycles. The molecule has 7 heteroatoms. The quantitative estimate of drug-likeness (QED) is 0.794. The van der Waals surface area contributed by atoms with Crippen molar-refractivity contribution in [2.75, 3.05) is 18.4 Å². The molecule has 2 aromatic rings. The molecule has 2 heterocycles. The predicted octanol–water partition coefficient (Wildman–Crippen LogP) is 4.67. The lowest BCUT2D eigenvalue weighted by Gasteiger charge is -2.17. The molecular weight excluding hydrogens is 393 g/mol. The molecule has 3 rings (SSSR count). The van der Waals surface area contributed by atoms with Gasteiger partial charge in [-0.2, -0.15) is 0 Å². The van der Waals surface area contributed by atoms with Crippen molar-refractivity contribution in [1.29, 1.82) is 0 Å². The number of hydrogen-bond acceptors (Lipinski definition) is 4. The first-order chi connectivity index (χ1) is 11.6. The number of nitrogens with one attached hydrogen (secondary N) is 1. The summed E-state index contributed by atoms with van der Waals surface area (Å²) in [5, 5.41) is 5.15. The van der Waals surface area contributed by atoms with Gasteiger partial charge in [0, 0.05) is 16.4 Å². The smallest absolute Gasteiger partial charge is 0.260 e. The second-order valence-electron chi connectivity index (χ2n) is 5.91. The van der Waals surface area contributed by atoms with Crippen LogP contribution in [0.5, 0.6) is 0 Å². The lowest BCUT2D eigenvalue weighted by Crippen LogP contribution is -2.24. The van der Waals surface area contributed by atoms with Crippen LogP contribution in [0.15, 0.2) is 28.1 Å². The van der Waals surface area contributed by atoms with Crippen LogP contribution in [-0.2, 0) is 6.54 Å². The molecule has 0 bridgehead atoms. The van der Waals surface area contributed by atoms with Crippen molar-refractivity contribution in [1.82, 2.24) is 9.88 Å². The molecule has 128 valence electrons. The van der Waals surface area contributed by atoms with E-state index in [1.54, 1.807) is 6.07 Å². The highest BCUT2D eigenvalue weighted by Crippen LogP contribution is 2.21. The number of halogens is 2. The summed E-state index contributed by atoms with van der Waals surface area (Å²) >= 11 is 4.62. The van der Waals surface area contributed by atoms with Gasteiger partial charge in [0.15, 0.2) is 5.13 Å². The van der Waals surface area contributed by atoms with Gasteiger partial charge in [-0.3, -0.25) is 15.0 Å². The molecule has 4 nitrogen and oxygen atoms in total. The number of carbonyl (C=O) groups excluding carboxylic acids is 1. The number of rotatable bonds is 4. The van der Waals surface area contributed by atoms with Crippen LogP contribution in [0.25, 0.3) is 0 Å². The zero-order valence-electron chi connectivity index (χ0n) is 13.2. The van der Waals surface area contributed by atoms with Crippen molar-refractivity contribution in [3.63, 3.8) is 0 Å². The van der Waals surface area contributed by atoms with Crippen LogP contribution in [-0.4, -0.2) is 28.9 Å². The van der Waals surface area contributed by atoms with Gasteiger partial charge >= 0.3 is 0 Å². The highest BCUT2D eigenvalue weighted by molar-refractivity contribution is 9.10. The van der Waals surface area contributed by atoms with Crippen molar-refractivity contribution < 1.29 is 9.18 Å². The normalized spacial score (nSPS) is 15.9. The fourth-order valence-corrected chi connectivity index (χ4v) is 3.85. The highest BCUT2D eigenvalue weighted by atomic mass is 79.9. The van der Waals surface area contributed by atoms with Gasteiger partial charge in [-0.25, -0.2) is 9.37 Å². The first-order valence-electron chi connectivity index (χ1n) is 8.05. The molecule has 1 aromatic carbocycles. The minimum absolute atomic E-state index is 0.00800. The van der Waals surface area contributed by atoms with E-state index in [0.717, 1.165) is 25.3 Å². The third-order valence-electron chi connectivity index (χ3n) is 4.03. The Labute approximate surface area is 153 Å². The largest absolute Gasteiger partial charge is 0.298 e. The van der Waals surface area contributed by atoms with Crippen molar-refractivity contribution in [3.05, 3.63) is 45.1 Å². The number of nitrogens with zero attached hydrogens (tertiary/aromatic N) is 2. The molecule has 0 unspecified atom stereocenters. The average Bonchev–Trinajstić information content (AvgIpc) is 2.83. The Balaban J connectivity index is 1.63. The molecule has 24 heavy (non-hydrogen) atoms. The summed E-state index contributed by atoms with van der Waals surface area (Å²) in [5.41, 5.74) is 0.959. The van der Waals surface area contributed by atoms with Crippen LogP contribution in [0.3, 0.4) is 0 Å². The molecule has 1 aromatic heterocycles. The molecule has 1 aliphatic rings. The van der Waals surface area contributed by atoms with Crippen LogP contribution in [0.4, 0.5) is 9.52 Å². The van der Waals surface area contributed by atoms with Crippen LogP contribution in [0, 0.1) is 5.82 Å². The van der Waals surface area contributed by atoms with Gasteiger partial charge in [-0.1, -0.05) is 28.8 Å². The second-order valence-corrected chi connectivity index (χ2v) is 7.69. The zero-order valence-corrected chi connectivity index (χ0v) is 15.6. The van der Waals surface area contributed by atoms with E-state index in [1.165, 1.54) is 49.2 Å². The summed E-state index contributed by atoms with van der Waals surface area (Å²) in [6, 6.07) is 4.30. The maximum atomic E-state index is 13.8. The van der Waals surface area contributed by atoms with E-state index >= 15 is 0 Å². The SMILES string of the molecule is O=C(Nc1nc(CN2CCCCCC2)cs1)c1cc(Br)ccc1F. The second kappa shape index (κ2) is 8.18. The van der Waals surface area contributed by atoms with Crippen molar-refractivity contribution in [2.45, 2.75) is 32.2 Å². The Hall–Kier alpha value is -1.31. The van der Waals surface area contributed by atoms with Crippen LogP contribution in [0.2, 0.25) is 0 Å². The summed E-state index contributed by atoms with van der Waals surface area (Å²) < 4.78 is 14.4. The molecule has 0 saturated carbocycles. The maximum absolute atomic E-state index is 13.8. The Bertz CT molecular complexity index is 714. The van der Waals surface area contributed by atoms with Gasteiger partial charge in [-0.15, -0.1) is 11.3 Å². The van der Waals surface area contributed by atoms with E-state index < -0.39 is 11.7 Å². The maximum Gasteiger partial charge on any atom is 0.260 e. The van der Waals surface area contributed by atoms with Crippen LogP contribution in [0.1, 0.15) is 41.7 Å². The number of likely N-dealkylation sites (tertiary alicyclic amines) is 1. The highest BCUT2D eigenvalue weighted by Gasteiger charge is 2.15. The van der Waals surface area contributed by atoms with Crippen molar-refractivity contribution in [2.24, 2.45) is 0 Å². The number of benzene rings is 1. The fourth-order valence-electron chi connectivity index (χ4n) is 2.80. The van der Waals surface area contributed by atoms with E-state index in [0.29, 0.717) is 9.60 Å². The van der Waals surface area contributed by atoms with Gasteiger partial charge in [0.05, 0.1) is 11.3 Å². The van der Waals surface area contributed by atoms with Gasteiger partial charge < -0.3 is 0 Å². The third-order valence-corrected chi connectivity index (χ3v) is 5.33. The number of anilines is 1. The lowest BCUT2D eigenvalue weighted by atomic mass is 10.2. The number of aromatic nitrogens is 1. The van der Waals surface area contributed by atoms with E-state index in [1.807, 2.05) is 5.38 Å². The van der Waals surface area contributed by atoms with Gasteiger partial charge in [0.2, 0.25) is 0 Å². The number of carbonyl (C=O) groups is 1. The summed E-state index contributed by atoms with van der Waals surface area (Å²) in [6.45, 7) is 3.00. The Morgan fingerprint density at radius 3 is 2.79 bits per heavy atom. The zero-order chi connectivity index (χ0) is 16.9. The standard InChI is InChI=1S/C17H19BrFN3OS/c18-12-5-6-15(19)14(9-12)16(23)21-17-20-13(11-24-17)10-22-7-3-1-2-4-8-22/h5-6,9,11H,1-4,7-8,10H2,(H,20,21,23). The Kier molecular flexibility index (Phi) is 5.97. The summed E-state index contributed by atoms with van der Waals surface area (Å²) in [7, 11) is 0. The van der Waals surface area contributed by atoms with E-state index in [9.17, 15) is 9.18 Å². The Morgan fingerprint density at radius 1 is 1.29 bits per heavy atom. The number of amides is 1.